The number of nitrogens with one attached hydrogen (secondary N) is 2. The Morgan fingerprint density at radius 3 is 2.48 bits per heavy atom. The molecular formula is C14H11BrF2N2O2. The Kier molecular flexibility index (Phi) is 4.74. The lowest BCUT2D eigenvalue weighted by Gasteiger charge is -2.11. The Balaban J connectivity index is 2.11. The van der Waals surface area contributed by atoms with Crippen molar-refractivity contribution in [3.05, 3.63) is 52.5 Å². The molecule has 2 aromatic rings. The summed E-state index contributed by atoms with van der Waals surface area (Å²) in [5.74, 6) is -1.01. The number of hydrogen-bond donors (Lipinski definition) is 2. The van der Waals surface area contributed by atoms with Gasteiger partial charge in [0.25, 0.3) is 0 Å². The summed E-state index contributed by atoms with van der Waals surface area (Å²) in [6, 6.07) is 7.25. The number of ether oxygens (including phenoxy) is 1. The average Bonchev–Trinajstić information content (AvgIpc) is 2.44. The van der Waals surface area contributed by atoms with E-state index in [9.17, 15) is 13.6 Å². The molecule has 7 heteroatoms. The zero-order valence-electron chi connectivity index (χ0n) is 10.9. The number of halogens is 3. The number of anilines is 2. The van der Waals surface area contributed by atoms with E-state index in [0.717, 1.165) is 12.1 Å². The first-order chi connectivity index (χ1) is 9.99. The number of benzene rings is 2. The topological polar surface area (TPSA) is 50.4 Å². The smallest absolute Gasteiger partial charge is 0.323 e. The highest BCUT2D eigenvalue weighted by atomic mass is 79.9. The molecule has 0 bridgehead atoms. The molecule has 2 amide bonds. The fourth-order valence-corrected chi connectivity index (χ4v) is 1.94. The van der Waals surface area contributed by atoms with E-state index in [0.29, 0.717) is 22.0 Å². The van der Waals surface area contributed by atoms with Gasteiger partial charge in [-0.3, -0.25) is 0 Å². The minimum Gasteiger partial charge on any atom is -0.497 e. The van der Waals surface area contributed by atoms with Gasteiger partial charge in [-0.05, 0) is 40.2 Å². The zero-order chi connectivity index (χ0) is 15.4. The van der Waals surface area contributed by atoms with E-state index in [1.54, 1.807) is 18.2 Å². The van der Waals surface area contributed by atoms with Gasteiger partial charge in [0.2, 0.25) is 0 Å². The van der Waals surface area contributed by atoms with Gasteiger partial charge in [-0.25, -0.2) is 13.6 Å². The van der Waals surface area contributed by atoms with Gasteiger partial charge >= 0.3 is 6.03 Å². The van der Waals surface area contributed by atoms with E-state index >= 15 is 0 Å². The van der Waals surface area contributed by atoms with Crippen LogP contribution in [0.5, 0.6) is 5.75 Å². The SMILES string of the molecule is COc1ccc(Br)c(NC(=O)Nc2ccc(F)cc2F)c1. The lowest BCUT2D eigenvalue weighted by atomic mass is 10.3. The Labute approximate surface area is 128 Å². The minimum atomic E-state index is -0.852. The first-order valence-corrected chi connectivity index (χ1v) is 6.65. The standard InChI is InChI=1S/C14H11BrF2N2O2/c1-21-9-3-4-10(15)13(7-9)19-14(20)18-12-5-2-8(16)6-11(12)17/h2-7H,1H3,(H2,18,19,20). The van der Waals surface area contributed by atoms with Gasteiger partial charge in [-0.1, -0.05) is 0 Å². The number of amides is 2. The maximum atomic E-state index is 13.4. The Morgan fingerprint density at radius 2 is 1.81 bits per heavy atom. The molecule has 0 fully saturated rings. The van der Waals surface area contributed by atoms with E-state index in [4.69, 9.17) is 4.74 Å². The molecule has 0 spiro atoms. The average molecular weight is 357 g/mol. The van der Waals surface area contributed by atoms with Gasteiger partial charge in [0, 0.05) is 16.6 Å². The van der Waals surface area contributed by atoms with Crippen LogP contribution in [0, 0.1) is 11.6 Å². The van der Waals surface area contributed by atoms with Gasteiger partial charge in [-0.15, -0.1) is 0 Å². The Morgan fingerprint density at radius 1 is 1.10 bits per heavy atom. The number of carbonyl (C=O) groups excluding carboxylic acids is 1. The summed E-state index contributed by atoms with van der Waals surface area (Å²) < 4.78 is 31.9. The Hall–Kier alpha value is -2.15. The molecule has 0 aromatic heterocycles. The van der Waals surface area contributed by atoms with Crippen molar-refractivity contribution in [1.29, 1.82) is 0 Å². The van der Waals surface area contributed by atoms with Crippen LogP contribution >= 0.6 is 15.9 Å². The summed E-state index contributed by atoms with van der Waals surface area (Å²) in [6.45, 7) is 0. The Bertz CT molecular complexity index is 680. The summed E-state index contributed by atoms with van der Waals surface area (Å²) in [4.78, 5) is 11.8. The van der Waals surface area contributed by atoms with Gasteiger partial charge in [0.05, 0.1) is 18.5 Å². The van der Waals surface area contributed by atoms with E-state index in [-0.39, 0.29) is 5.69 Å². The summed E-state index contributed by atoms with van der Waals surface area (Å²) in [5.41, 5.74) is 0.335. The van der Waals surface area contributed by atoms with Crippen molar-refractivity contribution < 1.29 is 18.3 Å². The molecule has 0 saturated carbocycles. The third-order valence-electron chi connectivity index (χ3n) is 2.60. The molecule has 0 unspecified atom stereocenters. The molecule has 0 heterocycles. The fraction of sp³-hybridized carbons (Fsp3) is 0.0714. The van der Waals surface area contributed by atoms with Crippen LogP contribution in [0.4, 0.5) is 25.0 Å². The van der Waals surface area contributed by atoms with Crippen molar-refractivity contribution >= 4 is 33.3 Å². The van der Waals surface area contributed by atoms with Crippen molar-refractivity contribution in [2.75, 3.05) is 17.7 Å². The second kappa shape index (κ2) is 6.53. The van der Waals surface area contributed by atoms with Crippen LogP contribution in [0.1, 0.15) is 0 Å². The van der Waals surface area contributed by atoms with Gasteiger partial charge in [0.15, 0.2) is 0 Å². The normalized spacial score (nSPS) is 10.1. The maximum absolute atomic E-state index is 13.4. The predicted octanol–water partition coefficient (Wildman–Crippen LogP) is 4.38. The number of carbonyl (C=O) groups is 1. The second-order valence-electron chi connectivity index (χ2n) is 4.05. The highest BCUT2D eigenvalue weighted by Crippen LogP contribution is 2.27. The lowest BCUT2D eigenvalue weighted by molar-refractivity contribution is 0.262. The summed E-state index contributed by atoms with van der Waals surface area (Å²) in [7, 11) is 1.50. The van der Waals surface area contributed by atoms with E-state index in [1.807, 2.05) is 0 Å². The predicted molar refractivity (Wildman–Crippen MR) is 79.7 cm³/mol. The van der Waals surface area contributed by atoms with E-state index in [1.165, 1.54) is 7.11 Å². The highest BCUT2D eigenvalue weighted by molar-refractivity contribution is 9.10. The third-order valence-corrected chi connectivity index (χ3v) is 3.29. The van der Waals surface area contributed by atoms with Crippen molar-refractivity contribution in [2.45, 2.75) is 0 Å². The van der Waals surface area contributed by atoms with Crippen LogP contribution in [0.2, 0.25) is 0 Å². The molecule has 0 aliphatic rings. The van der Waals surface area contributed by atoms with E-state index in [2.05, 4.69) is 26.6 Å². The zero-order valence-corrected chi connectivity index (χ0v) is 12.5. The molecule has 0 atom stereocenters. The first-order valence-electron chi connectivity index (χ1n) is 5.86. The minimum absolute atomic E-state index is 0.118. The quantitative estimate of drug-likeness (QED) is 0.857. The second-order valence-corrected chi connectivity index (χ2v) is 4.90. The van der Waals surface area contributed by atoms with Gasteiger partial charge < -0.3 is 15.4 Å². The maximum Gasteiger partial charge on any atom is 0.323 e. The lowest BCUT2D eigenvalue weighted by Crippen LogP contribution is -2.20. The van der Waals surface area contributed by atoms with Crippen LogP contribution < -0.4 is 15.4 Å². The summed E-state index contributed by atoms with van der Waals surface area (Å²) in [5, 5.41) is 4.84. The molecule has 2 rings (SSSR count). The molecule has 2 N–H and O–H groups in total. The number of hydrogen-bond acceptors (Lipinski definition) is 2. The first kappa shape index (κ1) is 15.2. The van der Waals surface area contributed by atoms with Crippen LogP contribution in [0.15, 0.2) is 40.9 Å². The molecule has 4 nitrogen and oxygen atoms in total. The van der Waals surface area contributed by atoms with Crippen LogP contribution in [0.3, 0.4) is 0 Å². The van der Waals surface area contributed by atoms with Crippen molar-refractivity contribution in [3.63, 3.8) is 0 Å². The van der Waals surface area contributed by atoms with Crippen molar-refractivity contribution in [2.24, 2.45) is 0 Å². The molecule has 0 radical (unpaired) electrons. The molecule has 0 aliphatic heterocycles. The molecular weight excluding hydrogens is 346 g/mol. The fourth-order valence-electron chi connectivity index (χ4n) is 1.59. The monoisotopic (exact) mass is 356 g/mol. The van der Waals surface area contributed by atoms with Gasteiger partial charge in [0.1, 0.15) is 17.4 Å². The third kappa shape index (κ3) is 3.91. The largest absolute Gasteiger partial charge is 0.497 e. The van der Waals surface area contributed by atoms with Crippen molar-refractivity contribution in [1.82, 2.24) is 0 Å². The summed E-state index contributed by atoms with van der Waals surface area (Å²) in [6.07, 6.45) is 0. The molecule has 21 heavy (non-hydrogen) atoms. The number of methoxy groups -OCH3 is 1. The van der Waals surface area contributed by atoms with E-state index < -0.39 is 17.7 Å². The summed E-state index contributed by atoms with van der Waals surface area (Å²) >= 11 is 3.28. The molecule has 2 aromatic carbocycles. The van der Waals surface area contributed by atoms with Crippen molar-refractivity contribution in [3.8, 4) is 5.75 Å². The van der Waals surface area contributed by atoms with Crippen LogP contribution in [-0.2, 0) is 0 Å². The highest BCUT2D eigenvalue weighted by Gasteiger charge is 2.10. The number of rotatable bonds is 3. The number of urea groups is 1. The molecule has 110 valence electrons. The van der Waals surface area contributed by atoms with Gasteiger partial charge in [-0.2, -0.15) is 0 Å². The van der Waals surface area contributed by atoms with Crippen LogP contribution in [-0.4, -0.2) is 13.1 Å². The molecule has 0 aliphatic carbocycles. The van der Waals surface area contributed by atoms with Crippen LogP contribution in [0.25, 0.3) is 0 Å². The molecule has 0 saturated heterocycles.